The van der Waals surface area contributed by atoms with Gasteiger partial charge in [-0.25, -0.2) is 9.57 Å². The minimum absolute atomic E-state index is 0.0613. The maximum atomic E-state index is 13.4. The number of benzene rings is 1. The molecule has 9 N–H and O–H groups in total. The van der Waals surface area contributed by atoms with Crippen molar-refractivity contribution in [1.82, 2.24) is 20.9 Å². The molecule has 2 saturated heterocycles. The van der Waals surface area contributed by atoms with Gasteiger partial charge in [0.05, 0.1) is 13.1 Å². The zero-order valence-electron chi connectivity index (χ0n) is 21.9. The third-order valence-electron chi connectivity index (χ3n) is 8.09. The highest BCUT2D eigenvalue weighted by Crippen LogP contribution is 2.42. The van der Waals surface area contributed by atoms with Crippen molar-refractivity contribution in [2.24, 2.45) is 16.5 Å². The molecule has 204 valence electrons. The summed E-state index contributed by atoms with van der Waals surface area (Å²) < 4.78 is 1.48. The van der Waals surface area contributed by atoms with Crippen molar-refractivity contribution in [2.45, 2.75) is 75.5 Å². The molecule has 1 aromatic carbocycles. The van der Waals surface area contributed by atoms with Gasteiger partial charge in [-0.3, -0.25) is 30.3 Å². The lowest BCUT2D eigenvalue weighted by Crippen LogP contribution is -2.79. The van der Waals surface area contributed by atoms with E-state index in [1.54, 1.807) is 12.1 Å². The number of rotatable bonds is 4. The molecule has 1 spiro atoms. The molecule has 1 aromatic rings. The number of imide groups is 1. The van der Waals surface area contributed by atoms with Crippen LogP contribution in [0.4, 0.5) is 0 Å². The van der Waals surface area contributed by atoms with Gasteiger partial charge in [-0.1, -0.05) is 32.9 Å². The molecule has 0 radical (unpaired) electrons. The van der Waals surface area contributed by atoms with Crippen LogP contribution in [-0.2, 0) is 15.0 Å². The molecule has 2 fully saturated rings. The molecule has 0 bridgehead atoms. The van der Waals surface area contributed by atoms with Crippen molar-refractivity contribution in [2.75, 3.05) is 13.1 Å². The number of carbonyl (C=O) groups is 3. The summed E-state index contributed by atoms with van der Waals surface area (Å²) in [5.74, 6) is -3.71. The first-order chi connectivity index (χ1) is 17.7. The Bertz CT molecular complexity index is 1280. The fraction of sp³-hybridized carbons (Fsp3) is 0.560. The lowest BCUT2D eigenvalue weighted by atomic mass is 9.82. The monoisotopic (exact) mass is 527 g/mol. The number of hydrogen-bond donors (Lipinski definition) is 7. The Balaban J connectivity index is 1.47. The number of aliphatic hydroxyl groups is 2. The molecular weight excluding hydrogens is 492 g/mol. The summed E-state index contributed by atoms with van der Waals surface area (Å²) >= 11 is 0. The molecule has 13 heteroatoms. The molecule has 4 aliphatic heterocycles. The number of likely N-dealkylation sites (tertiary alicyclic amines) is 1. The molecular formula is C25H35N8O5+. The number of carbonyl (C=O) groups excluding carboxylic acids is 3. The van der Waals surface area contributed by atoms with E-state index >= 15 is 0 Å². The molecule has 0 aliphatic carbocycles. The second-order valence-electron chi connectivity index (χ2n) is 11.5. The van der Waals surface area contributed by atoms with Crippen LogP contribution in [-0.4, -0.2) is 92.0 Å². The molecule has 4 aliphatic rings. The van der Waals surface area contributed by atoms with Crippen LogP contribution in [0, 0.1) is 6.92 Å². The average Bonchev–Trinajstić information content (AvgIpc) is 3.41. The van der Waals surface area contributed by atoms with Crippen molar-refractivity contribution in [3.8, 4) is 0 Å². The highest BCUT2D eigenvalue weighted by atomic mass is 16.5. The summed E-state index contributed by atoms with van der Waals surface area (Å²) in [5.41, 5.74) is 12.6. The van der Waals surface area contributed by atoms with E-state index in [-0.39, 0.29) is 55.1 Å². The maximum absolute atomic E-state index is 13.4. The van der Waals surface area contributed by atoms with Crippen molar-refractivity contribution in [3.05, 3.63) is 34.9 Å². The van der Waals surface area contributed by atoms with Crippen molar-refractivity contribution >= 4 is 29.6 Å². The predicted octanol–water partition coefficient (Wildman–Crippen LogP) is -2.48. The van der Waals surface area contributed by atoms with Gasteiger partial charge in [0.25, 0.3) is 5.91 Å². The number of aliphatic imine (C=N–C) groups is 1. The van der Waals surface area contributed by atoms with Gasteiger partial charge in [0.1, 0.15) is 18.1 Å². The van der Waals surface area contributed by atoms with Crippen LogP contribution in [0.5, 0.6) is 0 Å². The average molecular weight is 528 g/mol. The van der Waals surface area contributed by atoms with E-state index in [9.17, 15) is 24.6 Å². The van der Waals surface area contributed by atoms with Crippen LogP contribution >= 0.6 is 0 Å². The third kappa shape index (κ3) is 3.63. The number of guanidine groups is 2. The summed E-state index contributed by atoms with van der Waals surface area (Å²) in [6, 6.07) is 2.54. The van der Waals surface area contributed by atoms with Gasteiger partial charge in [0.2, 0.25) is 23.3 Å². The maximum Gasteiger partial charge on any atom is 0.346 e. The van der Waals surface area contributed by atoms with Gasteiger partial charge in [0.15, 0.2) is 5.96 Å². The highest BCUT2D eigenvalue weighted by molar-refractivity contribution is 6.02. The number of nitrogens with zero attached hydrogens (tertiary/aromatic N) is 3. The normalized spacial score (nSPS) is 30.0. The lowest BCUT2D eigenvalue weighted by Gasteiger charge is -2.44. The minimum atomic E-state index is -2.60. The fourth-order valence-electron chi connectivity index (χ4n) is 6.26. The number of hydrogen-bond acceptors (Lipinski definition) is 10. The first kappa shape index (κ1) is 25.9. The number of nitrogens with two attached hydrogens (primary N) is 2. The largest absolute Gasteiger partial charge is 0.370 e. The quantitative estimate of drug-likeness (QED) is 0.126. The van der Waals surface area contributed by atoms with Gasteiger partial charge in [-0.05, 0) is 29.5 Å². The summed E-state index contributed by atoms with van der Waals surface area (Å²) in [6.07, 6.45) is 0.231. The van der Waals surface area contributed by atoms with Gasteiger partial charge in [-0.15, -0.1) is 0 Å². The second-order valence-corrected chi connectivity index (χ2v) is 11.5. The molecule has 1 unspecified atom stereocenters. The summed E-state index contributed by atoms with van der Waals surface area (Å²) in [7, 11) is 0. The zero-order valence-corrected chi connectivity index (χ0v) is 21.9. The summed E-state index contributed by atoms with van der Waals surface area (Å²) in [4.78, 5) is 43.5. The van der Waals surface area contributed by atoms with Crippen LogP contribution in [0.25, 0.3) is 0 Å². The molecule has 0 aromatic heterocycles. The van der Waals surface area contributed by atoms with Gasteiger partial charge in [0, 0.05) is 18.4 Å². The van der Waals surface area contributed by atoms with Gasteiger partial charge >= 0.3 is 5.96 Å². The van der Waals surface area contributed by atoms with E-state index in [4.69, 9.17) is 11.5 Å². The van der Waals surface area contributed by atoms with Gasteiger partial charge in [-0.2, -0.15) is 0 Å². The molecule has 0 saturated carbocycles. The number of nitrogens with one attached hydrogen (secondary N) is 3. The Kier molecular flexibility index (Phi) is 5.73. The van der Waals surface area contributed by atoms with Crippen molar-refractivity contribution < 1.29 is 29.2 Å². The van der Waals surface area contributed by atoms with Crippen LogP contribution in [0.15, 0.2) is 23.2 Å². The van der Waals surface area contributed by atoms with E-state index in [0.29, 0.717) is 5.56 Å². The standard InChI is InChI=1S/C25H34N8O5/c1-12-13(6-5-7-14(12)23(2,3)4)20(36)29-16-11-33-22(27)28-15(10-32-17(34)8-9-18(32)35)19-24(33,25(16,37)38)31-21(26)30-19/h5-7,15-16,19,37-38H,8-11H2,1-4H3,(H6,26,27,28,29,30,31,36)/p+1/t15-,16?,19-,24-/m0/s1. The smallest absolute Gasteiger partial charge is 0.346 e. The topological polar surface area (TPSA) is 198 Å². The van der Waals surface area contributed by atoms with E-state index in [1.165, 1.54) is 4.58 Å². The molecule has 5 rings (SSSR count). The summed E-state index contributed by atoms with van der Waals surface area (Å²) in [5, 5.41) is 32.0. The minimum Gasteiger partial charge on any atom is -0.370 e. The zero-order chi connectivity index (χ0) is 27.8. The van der Waals surface area contributed by atoms with E-state index in [1.807, 2.05) is 13.0 Å². The summed E-state index contributed by atoms with van der Waals surface area (Å²) in [6.45, 7) is 7.87. The van der Waals surface area contributed by atoms with E-state index in [2.05, 4.69) is 41.7 Å². The Morgan fingerprint density at radius 1 is 1.24 bits per heavy atom. The Morgan fingerprint density at radius 2 is 1.89 bits per heavy atom. The van der Waals surface area contributed by atoms with E-state index < -0.39 is 35.5 Å². The van der Waals surface area contributed by atoms with Crippen LogP contribution in [0.2, 0.25) is 0 Å². The molecule has 3 amide bonds. The van der Waals surface area contributed by atoms with Crippen molar-refractivity contribution in [1.29, 1.82) is 0 Å². The van der Waals surface area contributed by atoms with E-state index in [0.717, 1.165) is 16.0 Å². The van der Waals surface area contributed by atoms with Gasteiger partial charge < -0.3 is 26.6 Å². The Hall–Kier alpha value is -3.71. The lowest BCUT2D eigenvalue weighted by molar-refractivity contribution is -0.623. The third-order valence-corrected chi connectivity index (χ3v) is 8.09. The number of amides is 3. The second kappa shape index (κ2) is 8.40. The van der Waals surface area contributed by atoms with Crippen LogP contribution < -0.4 is 27.4 Å². The highest BCUT2D eigenvalue weighted by Gasteiger charge is 2.75. The Labute approximate surface area is 220 Å². The SMILES string of the molecule is Cc1c(C(=O)NC2C[N+]3=C(N)N[C@@H](CN4C(=O)CCC4=O)[C@@H]4N=C(N)N[C@@]43C2(O)O)cccc1C(C)(C)C. The first-order valence-electron chi connectivity index (χ1n) is 12.7. The fourth-order valence-corrected chi connectivity index (χ4v) is 6.26. The molecule has 4 heterocycles. The first-order valence-corrected chi connectivity index (χ1v) is 12.7. The Morgan fingerprint density at radius 3 is 2.53 bits per heavy atom. The predicted molar refractivity (Wildman–Crippen MR) is 137 cm³/mol. The van der Waals surface area contributed by atoms with Crippen LogP contribution in [0.3, 0.4) is 0 Å². The van der Waals surface area contributed by atoms with Crippen molar-refractivity contribution in [3.63, 3.8) is 0 Å². The van der Waals surface area contributed by atoms with Crippen LogP contribution in [0.1, 0.15) is 55.1 Å². The molecule has 4 atom stereocenters. The molecule has 38 heavy (non-hydrogen) atoms. The molecule has 13 nitrogen and oxygen atoms in total.